The van der Waals surface area contributed by atoms with Crippen LogP contribution in [0.3, 0.4) is 0 Å². The molecule has 0 spiro atoms. The Morgan fingerprint density at radius 3 is 2.24 bits per heavy atom. The van der Waals surface area contributed by atoms with Gasteiger partial charge in [0.15, 0.2) is 9.84 Å². The van der Waals surface area contributed by atoms with Gasteiger partial charge in [-0.15, -0.1) is 0 Å². The number of sulfone groups is 1. The molecule has 25 heavy (non-hydrogen) atoms. The van der Waals surface area contributed by atoms with Crippen molar-refractivity contribution in [3.63, 3.8) is 0 Å². The Kier molecular flexibility index (Phi) is 4.94. The summed E-state index contributed by atoms with van der Waals surface area (Å²) in [6.45, 7) is 0. The van der Waals surface area contributed by atoms with Gasteiger partial charge in [0.25, 0.3) is 5.56 Å². The third-order valence-electron chi connectivity index (χ3n) is 3.63. The number of hydrogen-bond acceptors (Lipinski definition) is 4. The summed E-state index contributed by atoms with van der Waals surface area (Å²) in [5.74, 6) is -1.27. The summed E-state index contributed by atoms with van der Waals surface area (Å²) in [7, 11) is -1.32. The van der Waals surface area contributed by atoms with Crippen LogP contribution in [-0.2, 0) is 41.6 Å². The van der Waals surface area contributed by atoms with Crippen LogP contribution in [0.5, 0.6) is 0 Å². The molecule has 10 heteroatoms. The van der Waals surface area contributed by atoms with Gasteiger partial charge in [-0.25, -0.2) is 13.2 Å². The minimum atomic E-state index is -4.57. The molecule has 0 aliphatic heterocycles. The molecule has 0 atom stereocenters. The second kappa shape index (κ2) is 6.51. The summed E-state index contributed by atoms with van der Waals surface area (Å²) in [5, 5.41) is 0. The van der Waals surface area contributed by atoms with Crippen molar-refractivity contribution in [3.8, 4) is 0 Å². The molecule has 0 radical (unpaired) electrons. The Morgan fingerprint density at radius 1 is 1.00 bits per heavy atom. The van der Waals surface area contributed by atoms with E-state index in [1.807, 2.05) is 0 Å². The third-order valence-corrected chi connectivity index (χ3v) is 5.14. The van der Waals surface area contributed by atoms with E-state index >= 15 is 0 Å². The molecule has 0 aliphatic carbocycles. The monoisotopic (exact) mass is 376 g/mol. The normalized spacial score (nSPS) is 12.4. The first kappa shape index (κ1) is 19.0. The number of hydrogen-bond donors (Lipinski definition) is 0. The first-order valence-corrected chi connectivity index (χ1v) is 8.85. The molecule has 0 fully saturated rings. The largest absolute Gasteiger partial charge is 0.416 e. The van der Waals surface area contributed by atoms with Crippen LogP contribution in [0.1, 0.15) is 16.8 Å². The molecule has 2 aromatic rings. The molecule has 0 aliphatic rings. The van der Waals surface area contributed by atoms with Crippen molar-refractivity contribution in [2.75, 3.05) is 0 Å². The van der Waals surface area contributed by atoms with Gasteiger partial charge >= 0.3 is 11.9 Å². The van der Waals surface area contributed by atoms with E-state index in [9.17, 15) is 31.2 Å². The van der Waals surface area contributed by atoms with Gasteiger partial charge < -0.3 is 0 Å². The Bertz CT molecular complexity index is 1020. The fraction of sp³-hybridized carbons (Fsp3) is 0.333. The van der Waals surface area contributed by atoms with E-state index in [0.29, 0.717) is 0 Å². The van der Waals surface area contributed by atoms with E-state index in [-0.39, 0.29) is 11.3 Å². The summed E-state index contributed by atoms with van der Waals surface area (Å²) < 4.78 is 64.5. The molecule has 1 aromatic carbocycles. The summed E-state index contributed by atoms with van der Waals surface area (Å²) in [6, 6.07) is 5.03. The van der Waals surface area contributed by atoms with Gasteiger partial charge in [0, 0.05) is 25.9 Å². The van der Waals surface area contributed by atoms with Crippen LogP contribution >= 0.6 is 0 Å². The standard InChI is InChI=1S/C15H15F3N2O4S/c1-19-12(7-13(21)20(2)14(19)22)9-25(23,24)8-10-4-3-5-11(6-10)15(16,17)18/h3-7H,8-9H2,1-2H3. The topological polar surface area (TPSA) is 78.1 Å². The quantitative estimate of drug-likeness (QED) is 0.804. The molecule has 0 N–H and O–H groups in total. The van der Waals surface area contributed by atoms with Crippen LogP contribution in [0.15, 0.2) is 39.9 Å². The molecule has 1 aromatic heterocycles. The van der Waals surface area contributed by atoms with Gasteiger partial charge in [0.1, 0.15) is 0 Å². The molecule has 1 heterocycles. The third kappa shape index (κ3) is 4.38. The summed E-state index contributed by atoms with van der Waals surface area (Å²) in [4.78, 5) is 23.5. The highest BCUT2D eigenvalue weighted by Gasteiger charge is 2.30. The number of nitrogens with zero attached hydrogens (tertiary/aromatic N) is 2. The molecule has 136 valence electrons. The molecular weight excluding hydrogens is 361 g/mol. The van der Waals surface area contributed by atoms with E-state index in [4.69, 9.17) is 0 Å². The Morgan fingerprint density at radius 2 is 1.64 bits per heavy atom. The van der Waals surface area contributed by atoms with Crippen LogP contribution in [0.2, 0.25) is 0 Å². The lowest BCUT2D eigenvalue weighted by Gasteiger charge is -2.11. The van der Waals surface area contributed by atoms with E-state index in [1.54, 1.807) is 0 Å². The van der Waals surface area contributed by atoms with Crippen molar-refractivity contribution < 1.29 is 21.6 Å². The predicted octanol–water partition coefficient (Wildman–Crippen LogP) is 1.22. The minimum absolute atomic E-state index is 0.0244. The van der Waals surface area contributed by atoms with Crippen LogP contribution in [0, 0.1) is 0 Å². The lowest BCUT2D eigenvalue weighted by molar-refractivity contribution is -0.137. The van der Waals surface area contributed by atoms with E-state index in [2.05, 4.69) is 0 Å². The number of rotatable bonds is 4. The van der Waals surface area contributed by atoms with Crippen molar-refractivity contribution in [3.05, 3.63) is 68.0 Å². The van der Waals surface area contributed by atoms with Gasteiger partial charge in [-0.2, -0.15) is 13.2 Å². The lowest BCUT2D eigenvalue weighted by Crippen LogP contribution is -2.38. The molecule has 0 amide bonds. The molecule has 0 bridgehead atoms. The molecule has 0 saturated heterocycles. The van der Waals surface area contributed by atoms with Crippen molar-refractivity contribution in [2.45, 2.75) is 17.7 Å². The highest BCUT2D eigenvalue weighted by molar-refractivity contribution is 7.89. The van der Waals surface area contributed by atoms with Gasteiger partial charge in [-0.1, -0.05) is 18.2 Å². The van der Waals surface area contributed by atoms with Crippen molar-refractivity contribution in [2.24, 2.45) is 14.1 Å². The second-order valence-electron chi connectivity index (χ2n) is 5.60. The zero-order valence-corrected chi connectivity index (χ0v) is 14.2. The molecule has 0 saturated carbocycles. The zero-order valence-electron chi connectivity index (χ0n) is 13.4. The maximum Gasteiger partial charge on any atom is 0.416 e. The molecular formula is C15H15F3N2O4S. The first-order valence-electron chi connectivity index (χ1n) is 7.03. The van der Waals surface area contributed by atoms with E-state index in [0.717, 1.165) is 33.4 Å². The minimum Gasteiger partial charge on any atom is -0.300 e. The van der Waals surface area contributed by atoms with Gasteiger partial charge in [-0.05, 0) is 11.6 Å². The highest BCUT2D eigenvalue weighted by atomic mass is 32.2. The maximum absolute atomic E-state index is 12.7. The fourth-order valence-corrected chi connectivity index (χ4v) is 3.80. The van der Waals surface area contributed by atoms with E-state index in [1.165, 1.54) is 20.2 Å². The molecule has 6 nitrogen and oxygen atoms in total. The number of alkyl halides is 3. The van der Waals surface area contributed by atoms with Gasteiger partial charge in [0.2, 0.25) is 0 Å². The zero-order chi connectivity index (χ0) is 19.0. The number of benzene rings is 1. The van der Waals surface area contributed by atoms with Crippen LogP contribution in [-0.4, -0.2) is 17.6 Å². The van der Waals surface area contributed by atoms with Crippen molar-refractivity contribution in [1.29, 1.82) is 0 Å². The summed E-state index contributed by atoms with van der Waals surface area (Å²) in [6.07, 6.45) is -4.57. The molecule has 2 rings (SSSR count). The van der Waals surface area contributed by atoms with Crippen molar-refractivity contribution in [1.82, 2.24) is 9.13 Å². The Hall–Kier alpha value is -2.36. The van der Waals surface area contributed by atoms with Gasteiger partial charge in [-0.3, -0.25) is 13.9 Å². The van der Waals surface area contributed by atoms with E-state index < -0.39 is 44.3 Å². The average molecular weight is 376 g/mol. The number of halogens is 3. The first-order chi connectivity index (χ1) is 11.4. The van der Waals surface area contributed by atoms with Crippen LogP contribution < -0.4 is 11.2 Å². The summed E-state index contributed by atoms with van der Waals surface area (Å²) >= 11 is 0. The van der Waals surface area contributed by atoms with Crippen LogP contribution in [0.25, 0.3) is 0 Å². The lowest BCUT2D eigenvalue weighted by atomic mass is 10.1. The Balaban J connectivity index is 2.33. The van der Waals surface area contributed by atoms with Crippen LogP contribution in [0.4, 0.5) is 13.2 Å². The SMILES string of the molecule is Cn1c(CS(=O)(=O)Cc2cccc(C(F)(F)F)c2)cc(=O)n(C)c1=O. The number of aromatic nitrogens is 2. The Labute approximate surface area is 141 Å². The fourth-order valence-electron chi connectivity index (χ4n) is 2.28. The smallest absolute Gasteiger partial charge is 0.300 e. The average Bonchev–Trinajstić information content (AvgIpc) is 2.49. The summed E-state index contributed by atoms with van der Waals surface area (Å²) in [5.41, 5.74) is -2.34. The second-order valence-corrected chi connectivity index (χ2v) is 7.67. The van der Waals surface area contributed by atoms with Gasteiger partial charge in [0.05, 0.1) is 17.1 Å². The highest BCUT2D eigenvalue weighted by Crippen LogP contribution is 2.30. The van der Waals surface area contributed by atoms with Crippen molar-refractivity contribution >= 4 is 9.84 Å². The predicted molar refractivity (Wildman–Crippen MR) is 84.7 cm³/mol. The molecule has 0 unspecified atom stereocenters. The maximum atomic E-state index is 12.7.